The van der Waals surface area contributed by atoms with Crippen molar-refractivity contribution in [1.29, 1.82) is 0 Å². The van der Waals surface area contributed by atoms with Gasteiger partial charge in [0, 0.05) is 44.4 Å². The number of hydrogen-bond acceptors (Lipinski definition) is 4. The third-order valence-corrected chi connectivity index (χ3v) is 4.12. The first-order chi connectivity index (χ1) is 12.8. The molecule has 3 rings (SSSR count). The molecule has 1 aromatic carbocycles. The smallest absolute Gasteiger partial charge is 0.255 e. The lowest BCUT2D eigenvalue weighted by Crippen LogP contribution is -2.30. The Morgan fingerprint density at radius 3 is 2.50 bits per heavy atom. The third-order valence-electron chi connectivity index (χ3n) is 4.12. The summed E-state index contributed by atoms with van der Waals surface area (Å²) >= 11 is 0. The van der Waals surface area contributed by atoms with Crippen LogP contribution < -0.4 is 5.32 Å². The van der Waals surface area contributed by atoms with Crippen molar-refractivity contribution in [2.45, 2.75) is 20.0 Å². The fraction of sp³-hybridized carbons (Fsp3) is 0.190. The largest absolute Gasteiger partial charge is 0.380 e. The third kappa shape index (κ3) is 4.66. The summed E-state index contributed by atoms with van der Waals surface area (Å²) in [6.07, 6.45) is 6.87. The van der Waals surface area contributed by atoms with Crippen molar-refractivity contribution >= 4 is 11.6 Å². The Labute approximate surface area is 153 Å². The second kappa shape index (κ2) is 8.76. The van der Waals surface area contributed by atoms with Gasteiger partial charge in [-0.3, -0.25) is 14.8 Å². The highest BCUT2D eigenvalue weighted by Gasteiger charge is 2.15. The van der Waals surface area contributed by atoms with Crippen molar-refractivity contribution in [2.75, 3.05) is 11.9 Å². The molecule has 0 fully saturated rings. The number of nitrogens with zero attached hydrogens (tertiary/aromatic N) is 3. The van der Waals surface area contributed by atoms with Crippen molar-refractivity contribution in [3.8, 4) is 0 Å². The van der Waals surface area contributed by atoms with Gasteiger partial charge >= 0.3 is 0 Å². The predicted molar refractivity (Wildman–Crippen MR) is 103 cm³/mol. The molecule has 1 N–H and O–H groups in total. The van der Waals surface area contributed by atoms with E-state index in [0.29, 0.717) is 25.2 Å². The van der Waals surface area contributed by atoms with Gasteiger partial charge in [-0.1, -0.05) is 30.3 Å². The summed E-state index contributed by atoms with van der Waals surface area (Å²) in [6.45, 7) is 3.87. The Kier molecular flexibility index (Phi) is 5.93. The summed E-state index contributed by atoms with van der Waals surface area (Å²) in [5.74, 6) is -0.0172. The molecule has 0 radical (unpaired) electrons. The molecule has 132 valence electrons. The van der Waals surface area contributed by atoms with Gasteiger partial charge in [0.2, 0.25) is 0 Å². The number of amides is 1. The van der Waals surface area contributed by atoms with E-state index in [9.17, 15) is 4.79 Å². The lowest BCUT2D eigenvalue weighted by atomic mass is 10.2. The molecule has 26 heavy (non-hydrogen) atoms. The van der Waals surface area contributed by atoms with Crippen molar-refractivity contribution in [3.63, 3.8) is 0 Å². The molecule has 0 atom stereocenters. The zero-order valence-corrected chi connectivity index (χ0v) is 14.8. The highest BCUT2D eigenvalue weighted by atomic mass is 16.2. The summed E-state index contributed by atoms with van der Waals surface area (Å²) in [6, 6.07) is 15.8. The summed E-state index contributed by atoms with van der Waals surface area (Å²) < 4.78 is 0. The molecule has 2 aromatic heterocycles. The van der Waals surface area contributed by atoms with Gasteiger partial charge in [0.15, 0.2) is 0 Å². The van der Waals surface area contributed by atoms with E-state index in [-0.39, 0.29) is 5.91 Å². The molecule has 0 aliphatic carbocycles. The van der Waals surface area contributed by atoms with Gasteiger partial charge in [-0.05, 0) is 36.2 Å². The van der Waals surface area contributed by atoms with Crippen LogP contribution in [0.1, 0.15) is 28.4 Å². The molecule has 0 aliphatic rings. The van der Waals surface area contributed by atoms with E-state index in [0.717, 1.165) is 16.8 Å². The molecule has 5 heteroatoms. The fourth-order valence-corrected chi connectivity index (χ4v) is 2.67. The second-order valence-electron chi connectivity index (χ2n) is 5.98. The second-order valence-corrected chi connectivity index (χ2v) is 5.98. The number of benzene rings is 1. The van der Waals surface area contributed by atoms with Crippen molar-refractivity contribution < 1.29 is 4.79 Å². The molecule has 0 saturated heterocycles. The molecule has 2 heterocycles. The Morgan fingerprint density at radius 1 is 1.00 bits per heavy atom. The van der Waals surface area contributed by atoms with E-state index in [4.69, 9.17) is 0 Å². The molecule has 0 aliphatic heterocycles. The lowest BCUT2D eigenvalue weighted by Gasteiger charge is -2.21. The molecule has 5 nitrogen and oxygen atoms in total. The zero-order chi connectivity index (χ0) is 18.2. The van der Waals surface area contributed by atoms with Gasteiger partial charge in [-0.2, -0.15) is 0 Å². The first-order valence-corrected chi connectivity index (χ1v) is 8.67. The van der Waals surface area contributed by atoms with E-state index in [1.807, 2.05) is 60.4 Å². The Balaban J connectivity index is 1.68. The molecule has 0 bridgehead atoms. The van der Waals surface area contributed by atoms with Crippen molar-refractivity contribution in [1.82, 2.24) is 14.9 Å². The van der Waals surface area contributed by atoms with Crippen LogP contribution in [0.4, 0.5) is 5.69 Å². The maximum absolute atomic E-state index is 12.9. The molecule has 1 amide bonds. The molecule has 0 unspecified atom stereocenters. The maximum Gasteiger partial charge on any atom is 0.255 e. The minimum absolute atomic E-state index is 0.0172. The Bertz CT molecular complexity index is 837. The van der Waals surface area contributed by atoms with Crippen LogP contribution in [0.2, 0.25) is 0 Å². The first-order valence-electron chi connectivity index (χ1n) is 8.67. The normalized spacial score (nSPS) is 10.3. The summed E-state index contributed by atoms with van der Waals surface area (Å²) in [7, 11) is 0. The van der Waals surface area contributed by atoms with Crippen LogP contribution in [0, 0.1) is 0 Å². The number of nitrogens with one attached hydrogen (secondary N) is 1. The quantitative estimate of drug-likeness (QED) is 0.708. The minimum atomic E-state index is -0.0172. The fourth-order valence-electron chi connectivity index (χ4n) is 2.67. The molecular formula is C21H22N4O. The van der Waals surface area contributed by atoms with Gasteiger partial charge in [0.1, 0.15) is 0 Å². The molecule has 0 spiro atoms. The number of rotatable bonds is 7. The maximum atomic E-state index is 12.9. The van der Waals surface area contributed by atoms with Gasteiger partial charge in [-0.25, -0.2) is 0 Å². The van der Waals surface area contributed by atoms with E-state index in [1.165, 1.54) is 0 Å². The topological polar surface area (TPSA) is 58.1 Å². The van der Waals surface area contributed by atoms with E-state index < -0.39 is 0 Å². The Hall–Kier alpha value is -3.21. The van der Waals surface area contributed by atoms with Gasteiger partial charge in [0.25, 0.3) is 5.91 Å². The molecular weight excluding hydrogens is 324 g/mol. The molecule has 3 aromatic rings. The summed E-state index contributed by atoms with van der Waals surface area (Å²) in [5.41, 5.74) is 3.64. The molecule has 0 saturated carbocycles. The Morgan fingerprint density at radius 2 is 1.77 bits per heavy atom. The van der Waals surface area contributed by atoms with Gasteiger partial charge in [-0.15, -0.1) is 0 Å². The zero-order valence-electron chi connectivity index (χ0n) is 14.8. The number of aromatic nitrogens is 2. The van der Waals surface area contributed by atoms with Crippen molar-refractivity contribution in [2.24, 2.45) is 0 Å². The van der Waals surface area contributed by atoms with Crippen molar-refractivity contribution in [3.05, 3.63) is 90.0 Å². The van der Waals surface area contributed by atoms with Crippen LogP contribution in [-0.2, 0) is 13.1 Å². The first kappa shape index (κ1) is 17.6. The highest BCUT2D eigenvalue weighted by molar-refractivity contribution is 5.94. The lowest BCUT2D eigenvalue weighted by molar-refractivity contribution is 0.0752. The van der Waals surface area contributed by atoms with Crippen LogP contribution in [0.25, 0.3) is 0 Å². The SMILES string of the molecule is CCN(Cc1ccccc1)C(=O)c1cncc(NCc2ccncc2)c1. The van der Waals surface area contributed by atoms with E-state index >= 15 is 0 Å². The minimum Gasteiger partial charge on any atom is -0.380 e. The average Bonchev–Trinajstić information content (AvgIpc) is 2.72. The monoisotopic (exact) mass is 346 g/mol. The van der Waals surface area contributed by atoms with Crippen LogP contribution in [0.3, 0.4) is 0 Å². The number of carbonyl (C=O) groups excluding carboxylic acids is 1. The number of hydrogen-bond donors (Lipinski definition) is 1. The van der Waals surface area contributed by atoms with Crippen LogP contribution in [-0.4, -0.2) is 27.3 Å². The van der Waals surface area contributed by atoms with Crippen LogP contribution >= 0.6 is 0 Å². The van der Waals surface area contributed by atoms with Gasteiger partial charge < -0.3 is 10.2 Å². The van der Waals surface area contributed by atoms with Crippen LogP contribution in [0.15, 0.2) is 73.3 Å². The summed E-state index contributed by atoms with van der Waals surface area (Å²) in [4.78, 5) is 22.9. The summed E-state index contributed by atoms with van der Waals surface area (Å²) in [5, 5.41) is 3.30. The van der Waals surface area contributed by atoms with Gasteiger partial charge in [0.05, 0.1) is 11.3 Å². The van der Waals surface area contributed by atoms with E-state index in [1.54, 1.807) is 24.8 Å². The van der Waals surface area contributed by atoms with Crippen LogP contribution in [0.5, 0.6) is 0 Å². The van der Waals surface area contributed by atoms with E-state index in [2.05, 4.69) is 15.3 Å². The average molecular weight is 346 g/mol. The number of carbonyl (C=O) groups is 1. The predicted octanol–water partition coefficient (Wildman–Crippen LogP) is 3.75. The highest BCUT2D eigenvalue weighted by Crippen LogP contribution is 2.14. The number of pyridine rings is 2. The standard InChI is InChI=1S/C21H22N4O/c1-2-25(16-18-6-4-3-5-7-18)21(26)19-12-20(15-23-14-19)24-13-17-8-10-22-11-9-17/h3-12,14-15,24H,2,13,16H2,1H3. The number of anilines is 1.